The van der Waals surface area contributed by atoms with E-state index in [1.54, 1.807) is 13.8 Å². The van der Waals surface area contributed by atoms with Gasteiger partial charge >= 0.3 is 0 Å². The fraction of sp³-hybridized carbons (Fsp3) is 1.00. The Morgan fingerprint density at radius 2 is 1.04 bits per heavy atom. The van der Waals surface area contributed by atoms with Gasteiger partial charge in [0.25, 0.3) is 20.2 Å². The van der Waals surface area contributed by atoms with E-state index >= 15 is 0 Å². The molecule has 0 aliphatic rings. The SMILES string of the molecule is CCC(C)(CC(C)CC(C)CC(C)(CC)S(=O)(=O)O)S(=O)(=O)O. The average Bonchev–Trinajstić information content (AvgIpc) is 2.35. The van der Waals surface area contributed by atoms with Crippen molar-refractivity contribution in [2.75, 3.05) is 0 Å². The molecule has 0 amide bonds. The van der Waals surface area contributed by atoms with Crippen LogP contribution in [-0.4, -0.2) is 35.4 Å². The van der Waals surface area contributed by atoms with Crippen LogP contribution in [0.5, 0.6) is 0 Å². The van der Waals surface area contributed by atoms with Crippen LogP contribution in [0.2, 0.25) is 0 Å². The van der Waals surface area contributed by atoms with Crippen LogP contribution >= 0.6 is 0 Å². The van der Waals surface area contributed by atoms with Gasteiger partial charge in [0.1, 0.15) is 0 Å². The standard InChI is InChI=1S/C15H32O6S2/c1-7-14(5,22(16,17)18)10-12(3)9-13(4)11-15(6,8-2)23(19,20)21/h12-13H,7-11H2,1-6H3,(H,16,17,18)(H,19,20,21). The molecule has 0 fully saturated rings. The quantitative estimate of drug-likeness (QED) is 0.568. The van der Waals surface area contributed by atoms with Gasteiger partial charge in [-0.25, -0.2) is 0 Å². The lowest BCUT2D eigenvalue weighted by Gasteiger charge is -2.32. The van der Waals surface area contributed by atoms with Gasteiger partial charge in [0.2, 0.25) is 0 Å². The molecule has 0 aromatic rings. The molecule has 0 aliphatic heterocycles. The lowest BCUT2D eigenvalue weighted by Crippen LogP contribution is -2.38. The van der Waals surface area contributed by atoms with Crippen molar-refractivity contribution in [1.29, 1.82) is 0 Å². The Labute approximate surface area is 141 Å². The van der Waals surface area contributed by atoms with E-state index < -0.39 is 29.7 Å². The van der Waals surface area contributed by atoms with Gasteiger partial charge in [0.05, 0.1) is 9.49 Å². The van der Waals surface area contributed by atoms with Gasteiger partial charge in [-0.2, -0.15) is 16.8 Å². The Balaban J connectivity index is 4.96. The predicted octanol–water partition coefficient (Wildman–Crippen LogP) is 3.54. The second-order valence-corrected chi connectivity index (χ2v) is 11.3. The highest BCUT2D eigenvalue weighted by Crippen LogP contribution is 2.35. The summed E-state index contributed by atoms with van der Waals surface area (Å²) in [6.45, 7) is 10.3. The maximum Gasteiger partial charge on any atom is 0.270 e. The van der Waals surface area contributed by atoms with E-state index in [-0.39, 0.29) is 11.8 Å². The second kappa shape index (κ2) is 7.80. The highest BCUT2D eigenvalue weighted by atomic mass is 32.2. The third-order valence-corrected chi connectivity index (χ3v) is 8.51. The molecule has 0 radical (unpaired) electrons. The molecule has 4 unspecified atom stereocenters. The van der Waals surface area contributed by atoms with E-state index in [1.807, 2.05) is 13.8 Å². The van der Waals surface area contributed by atoms with E-state index in [2.05, 4.69) is 0 Å². The van der Waals surface area contributed by atoms with Crippen molar-refractivity contribution < 1.29 is 25.9 Å². The van der Waals surface area contributed by atoms with Gasteiger partial charge in [0.15, 0.2) is 0 Å². The van der Waals surface area contributed by atoms with Gasteiger partial charge in [-0.1, -0.05) is 27.7 Å². The highest BCUT2D eigenvalue weighted by molar-refractivity contribution is 7.87. The molecule has 0 aliphatic carbocycles. The molecule has 140 valence electrons. The fourth-order valence-corrected chi connectivity index (χ4v) is 4.91. The van der Waals surface area contributed by atoms with Crippen molar-refractivity contribution in [1.82, 2.24) is 0 Å². The van der Waals surface area contributed by atoms with E-state index in [0.29, 0.717) is 32.1 Å². The van der Waals surface area contributed by atoms with Crippen molar-refractivity contribution in [3.05, 3.63) is 0 Å². The minimum atomic E-state index is -4.14. The number of hydrogen-bond donors (Lipinski definition) is 2. The minimum absolute atomic E-state index is 0.000576. The summed E-state index contributed by atoms with van der Waals surface area (Å²) >= 11 is 0. The number of rotatable bonds is 10. The molecule has 6 nitrogen and oxygen atoms in total. The van der Waals surface area contributed by atoms with Gasteiger partial charge in [-0.3, -0.25) is 9.11 Å². The zero-order chi connectivity index (χ0) is 18.7. The van der Waals surface area contributed by atoms with Crippen LogP contribution in [-0.2, 0) is 20.2 Å². The molecular formula is C15H32O6S2. The zero-order valence-electron chi connectivity index (χ0n) is 15.0. The van der Waals surface area contributed by atoms with Crippen molar-refractivity contribution in [3.63, 3.8) is 0 Å². The van der Waals surface area contributed by atoms with Crippen LogP contribution in [0.3, 0.4) is 0 Å². The van der Waals surface area contributed by atoms with Crippen LogP contribution in [0.25, 0.3) is 0 Å². The minimum Gasteiger partial charge on any atom is -0.285 e. The molecule has 0 rings (SSSR count). The van der Waals surface area contributed by atoms with Crippen LogP contribution in [0.4, 0.5) is 0 Å². The van der Waals surface area contributed by atoms with Crippen molar-refractivity contribution in [2.45, 2.75) is 83.1 Å². The molecule has 8 heteroatoms. The topological polar surface area (TPSA) is 109 Å². The largest absolute Gasteiger partial charge is 0.285 e. The maximum atomic E-state index is 11.6. The Morgan fingerprint density at radius 3 is 1.22 bits per heavy atom. The highest BCUT2D eigenvalue weighted by Gasteiger charge is 2.40. The third kappa shape index (κ3) is 5.99. The van der Waals surface area contributed by atoms with E-state index in [9.17, 15) is 25.9 Å². The van der Waals surface area contributed by atoms with Crippen LogP contribution in [0, 0.1) is 11.8 Å². The van der Waals surface area contributed by atoms with Crippen molar-refractivity contribution in [3.8, 4) is 0 Å². The maximum absolute atomic E-state index is 11.6. The third-order valence-electron chi connectivity index (χ3n) is 5.11. The van der Waals surface area contributed by atoms with E-state index in [1.165, 1.54) is 13.8 Å². The summed E-state index contributed by atoms with van der Waals surface area (Å²) in [7, 11) is -8.29. The first-order valence-corrected chi connectivity index (χ1v) is 10.9. The number of hydrogen-bond acceptors (Lipinski definition) is 4. The molecule has 0 bridgehead atoms. The summed E-state index contributed by atoms with van der Waals surface area (Å²) in [5.74, 6) is -0.00115. The molecule has 0 aromatic carbocycles. The Morgan fingerprint density at radius 1 is 0.783 bits per heavy atom. The smallest absolute Gasteiger partial charge is 0.270 e. The van der Waals surface area contributed by atoms with Crippen molar-refractivity contribution in [2.24, 2.45) is 11.8 Å². The lowest BCUT2D eigenvalue weighted by molar-refractivity contribution is 0.298. The molecule has 0 heterocycles. The molecule has 0 saturated heterocycles. The predicted molar refractivity (Wildman–Crippen MR) is 92.7 cm³/mol. The summed E-state index contributed by atoms with van der Waals surface area (Å²) in [5.41, 5.74) is 0. The monoisotopic (exact) mass is 372 g/mol. The fourth-order valence-electron chi connectivity index (χ4n) is 3.19. The summed E-state index contributed by atoms with van der Waals surface area (Å²) < 4.78 is 62.7. The normalized spacial score (nSPS) is 21.2. The summed E-state index contributed by atoms with van der Waals surface area (Å²) in [6, 6.07) is 0. The van der Waals surface area contributed by atoms with Gasteiger partial charge in [-0.05, 0) is 57.8 Å². The average molecular weight is 373 g/mol. The van der Waals surface area contributed by atoms with E-state index in [4.69, 9.17) is 0 Å². The molecule has 2 N–H and O–H groups in total. The lowest BCUT2D eigenvalue weighted by atomic mass is 9.84. The second-order valence-electron chi connectivity index (χ2n) is 7.41. The summed E-state index contributed by atoms with van der Waals surface area (Å²) in [4.78, 5) is 0. The molecule has 0 aromatic heterocycles. The van der Waals surface area contributed by atoms with Gasteiger partial charge in [0, 0.05) is 0 Å². The zero-order valence-corrected chi connectivity index (χ0v) is 16.7. The first-order valence-electron chi connectivity index (χ1n) is 8.06. The molecular weight excluding hydrogens is 340 g/mol. The van der Waals surface area contributed by atoms with Crippen LogP contribution < -0.4 is 0 Å². The molecule has 0 saturated carbocycles. The van der Waals surface area contributed by atoms with Crippen LogP contribution in [0.15, 0.2) is 0 Å². The van der Waals surface area contributed by atoms with Crippen molar-refractivity contribution >= 4 is 20.2 Å². The molecule has 4 atom stereocenters. The Kier molecular flexibility index (Phi) is 7.74. The van der Waals surface area contributed by atoms with Gasteiger partial charge < -0.3 is 0 Å². The Bertz CT molecular complexity index is 531. The molecule has 0 spiro atoms. The Hall–Kier alpha value is -0.180. The first-order chi connectivity index (χ1) is 10.1. The summed E-state index contributed by atoms with van der Waals surface area (Å²) in [5, 5.41) is 0. The molecule has 23 heavy (non-hydrogen) atoms. The van der Waals surface area contributed by atoms with E-state index in [0.717, 1.165) is 0 Å². The first kappa shape index (κ1) is 22.8. The van der Waals surface area contributed by atoms with Gasteiger partial charge in [-0.15, -0.1) is 0 Å². The van der Waals surface area contributed by atoms with Crippen LogP contribution in [0.1, 0.15) is 73.6 Å². The summed E-state index contributed by atoms with van der Waals surface area (Å²) in [6.07, 6.45) is 1.85.